The van der Waals surface area contributed by atoms with Crippen molar-refractivity contribution in [3.63, 3.8) is 0 Å². The standard InChI is InChI=1S/C18H21Cl2O7P/c1-24-18(11-2-3-14(19)15(6-11)25-28(21,22)23)17(26-27-18)12-4-10-5-13(17)9-16(20,7-10)8-12/h2-3,6,10,12-13H,4-5,7-9H2,1H3,(H2,21,22,23)/p-2/t10?,12-,13+,16?,17?,18?. The molecule has 1 aliphatic heterocycles. The second-order valence-corrected chi connectivity index (χ2v) is 10.7. The molecule has 1 saturated heterocycles. The van der Waals surface area contributed by atoms with Crippen LogP contribution in [-0.4, -0.2) is 17.6 Å². The van der Waals surface area contributed by atoms with E-state index in [1.165, 1.54) is 19.2 Å². The molecule has 0 aromatic heterocycles. The van der Waals surface area contributed by atoms with E-state index in [2.05, 4.69) is 4.52 Å². The number of phosphoric acid groups is 1. The molecule has 4 aliphatic carbocycles. The molecule has 1 heterocycles. The molecule has 0 radical (unpaired) electrons. The van der Waals surface area contributed by atoms with Crippen LogP contribution in [0.3, 0.4) is 0 Å². The van der Waals surface area contributed by atoms with Crippen LogP contribution in [0, 0.1) is 17.8 Å². The van der Waals surface area contributed by atoms with Gasteiger partial charge in [0.1, 0.15) is 13.6 Å². The van der Waals surface area contributed by atoms with E-state index in [1.54, 1.807) is 6.07 Å². The van der Waals surface area contributed by atoms with Gasteiger partial charge in [0, 0.05) is 17.5 Å². The van der Waals surface area contributed by atoms with Crippen molar-refractivity contribution in [1.82, 2.24) is 0 Å². The van der Waals surface area contributed by atoms with E-state index in [-0.39, 0.29) is 27.5 Å². The van der Waals surface area contributed by atoms with Gasteiger partial charge >= 0.3 is 0 Å². The number of hydrogen-bond donors (Lipinski definition) is 0. The molecule has 28 heavy (non-hydrogen) atoms. The summed E-state index contributed by atoms with van der Waals surface area (Å²) < 4.78 is 21.5. The molecular weight excluding hydrogens is 430 g/mol. The molecule has 4 unspecified atom stereocenters. The van der Waals surface area contributed by atoms with E-state index in [1.807, 2.05) is 0 Å². The Hall–Kier alpha value is -0.370. The minimum atomic E-state index is -5.27. The molecule has 154 valence electrons. The Morgan fingerprint density at radius 3 is 2.36 bits per heavy atom. The van der Waals surface area contributed by atoms with Crippen LogP contribution < -0.4 is 14.3 Å². The van der Waals surface area contributed by atoms with Crippen LogP contribution in [0.2, 0.25) is 5.02 Å². The lowest BCUT2D eigenvalue weighted by Crippen LogP contribution is -2.78. The number of alkyl halides is 1. The topological polar surface area (TPSA) is 100 Å². The summed E-state index contributed by atoms with van der Waals surface area (Å²) in [5.74, 6) is -0.644. The van der Waals surface area contributed by atoms with Gasteiger partial charge in [-0.15, -0.1) is 11.6 Å². The van der Waals surface area contributed by atoms with Gasteiger partial charge in [-0.05, 0) is 62.0 Å². The molecule has 6 rings (SSSR count). The summed E-state index contributed by atoms with van der Waals surface area (Å²) in [4.78, 5) is 33.4. The number of benzene rings is 1. The second-order valence-electron chi connectivity index (χ2n) is 8.46. The lowest BCUT2D eigenvalue weighted by atomic mass is 9.46. The van der Waals surface area contributed by atoms with Crippen molar-refractivity contribution in [2.75, 3.05) is 7.11 Å². The van der Waals surface area contributed by atoms with Gasteiger partial charge in [0.15, 0.2) is 5.60 Å². The molecule has 5 aliphatic rings. The molecule has 1 aromatic carbocycles. The van der Waals surface area contributed by atoms with Crippen molar-refractivity contribution in [2.45, 2.75) is 48.4 Å². The average Bonchev–Trinajstić information content (AvgIpc) is 2.54. The van der Waals surface area contributed by atoms with Crippen molar-refractivity contribution < 1.29 is 33.4 Å². The van der Waals surface area contributed by atoms with E-state index < -0.39 is 19.2 Å². The minimum absolute atomic E-state index is 0.000939. The number of methoxy groups -OCH3 is 1. The highest BCUT2D eigenvalue weighted by atomic mass is 35.5. The van der Waals surface area contributed by atoms with E-state index in [0.29, 0.717) is 11.5 Å². The largest absolute Gasteiger partial charge is 0.780 e. The van der Waals surface area contributed by atoms with E-state index in [4.69, 9.17) is 37.7 Å². The molecule has 7 nitrogen and oxygen atoms in total. The Morgan fingerprint density at radius 1 is 1.18 bits per heavy atom. The maximum atomic E-state index is 11.1. The Bertz CT molecular complexity index is 853. The highest BCUT2D eigenvalue weighted by Gasteiger charge is 2.78. The average molecular weight is 449 g/mol. The van der Waals surface area contributed by atoms with Crippen molar-refractivity contribution in [1.29, 1.82) is 0 Å². The van der Waals surface area contributed by atoms with Crippen LogP contribution in [-0.2, 0) is 24.9 Å². The SMILES string of the molecule is COC1(c2ccc(Cl)c(OP(=O)([O-])[O-])c2)OOC12[C@@H]1CC3C[C@H]2CC(Cl)(C3)C1. The number of phosphoric ester groups is 1. The molecule has 4 bridgehead atoms. The second kappa shape index (κ2) is 6.08. The summed E-state index contributed by atoms with van der Waals surface area (Å²) in [7, 11) is -3.75. The summed E-state index contributed by atoms with van der Waals surface area (Å²) in [5, 5.41) is 0.000939. The molecular formula is C18H19Cl2O7P-2. The normalized spacial score (nSPS) is 44.0. The van der Waals surface area contributed by atoms with Crippen molar-refractivity contribution in [2.24, 2.45) is 17.8 Å². The fraction of sp³-hybridized carbons (Fsp3) is 0.667. The Morgan fingerprint density at radius 2 is 1.86 bits per heavy atom. The third-order valence-corrected chi connectivity index (χ3v) is 8.14. The van der Waals surface area contributed by atoms with E-state index in [0.717, 1.165) is 32.1 Å². The minimum Gasteiger partial charge on any atom is -0.780 e. The smallest absolute Gasteiger partial charge is 0.260 e. The predicted molar refractivity (Wildman–Crippen MR) is 95.4 cm³/mol. The third-order valence-electron chi connectivity index (χ3n) is 6.95. The molecule has 4 saturated carbocycles. The van der Waals surface area contributed by atoms with Gasteiger partial charge in [-0.1, -0.05) is 17.7 Å². The Labute approximate surface area is 172 Å². The third kappa shape index (κ3) is 2.58. The molecule has 5 fully saturated rings. The van der Waals surface area contributed by atoms with Gasteiger partial charge in [-0.3, -0.25) is 0 Å². The van der Waals surface area contributed by atoms with Gasteiger partial charge in [-0.2, -0.15) is 4.89 Å². The van der Waals surface area contributed by atoms with Crippen LogP contribution in [0.1, 0.15) is 37.7 Å². The molecule has 1 spiro atoms. The van der Waals surface area contributed by atoms with Gasteiger partial charge in [0.2, 0.25) is 0 Å². The monoisotopic (exact) mass is 448 g/mol. The van der Waals surface area contributed by atoms with Crippen molar-refractivity contribution >= 4 is 31.0 Å². The lowest BCUT2D eigenvalue weighted by molar-refractivity contribution is -0.645. The quantitative estimate of drug-likeness (QED) is 0.396. The lowest BCUT2D eigenvalue weighted by Gasteiger charge is -2.70. The number of rotatable bonds is 4. The number of halogens is 2. The van der Waals surface area contributed by atoms with Gasteiger partial charge in [0.25, 0.3) is 5.79 Å². The van der Waals surface area contributed by atoms with Crippen LogP contribution in [0.25, 0.3) is 0 Å². The summed E-state index contributed by atoms with van der Waals surface area (Å²) in [6, 6.07) is 4.50. The highest BCUT2D eigenvalue weighted by Crippen LogP contribution is 2.71. The van der Waals surface area contributed by atoms with E-state index in [9.17, 15) is 14.4 Å². The molecule has 1 aromatic rings. The fourth-order valence-electron chi connectivity index (χ4n) is 6.24. The molecule has 0 amide bonds. The summed E-state index contributed by atoms with van der Waals surface area (Å²) >= 11 is 12.9. The van der Waals surface area contributed by atoms with E-state index >= 15 is 0 Å². The summed E-state index contributed by atoms with van der Waals surface area (Å²) in [5.41, 5.74) is -0.231. The first-order valence-corrected chi connectivity index (χ1v) is 11.4. The molecule has 0 N–H and O–H groups in total. The first-order valence-electron chi connectivity index (χ1n) is 9.23. The zero-order chi connectivity index (χ0) is 19.9. The maximum Gasteiger partial charge on any atom is 0.260 e. The van der Waals surface area contributed by atoms with Crippen molar-refractivity contribution in [3.8, 4) is 5.75 Å². The zero-order valence-electron chi connectivity index (χ0n) is 15.1. The van der Waals surface area contributed by atoms with Crippen LogP contribution in [0.15, 0.2) is 18.2 Å². The molecule has 10 heteroatoms. The summed E-state index contributed by atoms with van der Waals surface area (Å²) in [6.07, 6.45) is 4.60. The summed E-state index contributed by atoms with van der Waals surface area (Å²) in [6.45, 7) is 0. The number of ether oxygens (including phenoxy) is 1. The Balaban J connectivity index is 1.58. The maximum absolute atomic E-state index is 11.1. The van der Waals surface area contributed by atoms with Crippen LogP contribution >= 0.6 is 31.0 Å². The van der Waals surface area contributed by atoms with Crippen LogP contribution in [0.4, 0.5) is 0 Å². The Kier molecular flexibility index (Phi) is 4.25. The predicted octanol–water partition coefficient (Wildman–Crippen LogP) is 2.86. The zero-order valence-corrected chi connectivity index (χ0v) is 17.5. The van der Waals surface area contributed by atoms with Gasteiger partial charge in [0.05, 0.1) is 5.02 Å². The fourth-order valence-corrected chi connectivity index (χ4v) is 7.43. The van der Waals surface area contributed by atoms with Crippen LogP contribution in [0.5, 0.6) is 5.75 Å². The first kappa shape index (κ1) is 19.6. The molecule has 6 atom stereocenters. The van der Waals surface area contributed by atoms with Gasteiger partial charge in [-0.25, -0.2) is 4.89 Å². The van der Waals surface area contributed by atoms with Crippen molar-refractivity contribution in [3.05, 3.63) is 28.8 Å². The highest BCUT2D eigenvalue weighted by molar-refractivity contribution is 7.43. The first-order chi connectivity index (χ1) is 13.1. The number of hydrogen-bond acceptors (Lipinski definition) is 7. The van der Waals surface area contributed by atoms with Gasteiger partial charge < -0.3 is 23.6 Å².